The van der Waals surface area contributed by atoms with Gasteiger partial charge in [0.25, 0.3) is 15.7 Å². The molecule has 0 saturated heterocycles. The zero-order chi connectivity index (χ0) is 17.0. The van der Waals surface area contributed by atoms with Crippen molar-refractivity contribution in [2.24, 2.45) is 9.63 Å². The van der Waals surface area contributed by atoms with Crippen LogP contribution in [0.1, 0.15) is 6.92 Å². The average Bonchev–Trinajstić information content (AvgIpc) is 2.53. The van der Waals surface area contributed by atoms with Crippen LogP contribution in [0.4, 0.5) is 5.69 Å². The van der Waals surface area contributed by atoms with Gasteiger partial charge >= 0.3 is 0 Å². The normalized spacial score (nSPS) is 16.9. The SMILES string of the molecule is CC(N=NS(=O)(=O)c1ccc([N+](=O)[O-])cc1)=C1C=CC=CN1O. The maximum absolute atomic E-state index is 12.0. The van der Waals surface area contributed by atoms with Gasteiger partial charge in [-0.2, -0.15) is 8.42 Å². The lowest BCUT2D eigenvalue weighted by atomic mass is 10.2. The number of rotatable bonds is 4. The van der Waals surface area contributed by atoms with Gasteiger partial charge in [-0.1, -0.05) is 10.6 Å². The summed E-state index contributed by atoms with van der Waals surface area (Å²) in [5, 5.41) is 24.5. The second kappa shape index (κ2) is 6.50. The Balaban J connectivity index is 2.27. The molecule has 0 saturated carbocycles. The summed E-state index contributed by atoms with van der Waals surface area (Å²) in [5.74, 6) is 0. The Hall–Kier alpha value is -2.85. The van der Waals surface area contributed by atoms with Crippen LogP contribution in [0.15, 0.2) is 74.6 Å². The molecule has 0 aromatic heterocycles. The maximum atomic E-state index is 12.0. The van der Waals surface area contributed by atoms with Crippen LogP contribution in [-0.2, 0) is 10.0 Å². The van der Waals surface area contributed by atoms with Crippen LogP contribution in [0.25, 0.3) is 0 Å². The van der Waals surface area contributed by atoms with E-state index < -0.39 is 14.9 Å². The van der Waals surface area contributed by atoms with Crippen LogP contribution in [0.2, 0.25) is 0 Å². The van der Waals surface area contributed by atoms with Gasteiger partial charge in [-0.25, -0.2) is 5.06 Å². The minimum Gasteiger partial charge on any atom is -0.284 e. The van der Waals surface area contributed by atoms with Crippen molar-refractivity contribution in [2.75, 3.05) is 0 Å². The zero-order valence-electron chi connectivity index (χ0n) is 11.9. The first-order chi connectivity index (χ1) is 10.8. The summed E-state index contributed by atoms with van der Waals surface area (Å²) in [5.41, 5.74) is 0.225. The molecule has 9 nitrogen and oxygen atoms in total. The minimum atomic E-state index is -4.09. The van der Waals surface area contributed by atoms with Gasteiger partial charge in [0.1, 0.15) is 0 Å². The van der Waals surface area contributed by atoms with Gasteiger partial charge in [-0.05, 0) is 31.2 Å². The van der Waals surface area contributed by atoms with Crippen molar-refractivity contribution in [1.29, 1.82) is 0 Å². The van der Waals surface area contributed by atoms with E-state index in [0.29, 0.717) is 0 Å². The van der Waals surface area contributed by atoms with Gasteiger partial charge in [0.05, 0.1) is 21.2 Å². The highest BCUT2D eigenvalue weighted by Crippen LogP contribution is 2.20. The Morgan fingerprint density at radius 2 is 1.91 bits per heavy atom. The third-order valence-electron chi connectivity index (χ3n) is 2.85. The molecule has 1 aromatic carbocycles. The summed E-state index contributed by atoms with van der Waals surface area (Å²) in [7, 11) is -4.09. The number of nitro groups is 1. The molecular formula is C13H12N4O5S. The topological polar surface area (TPSA) is 125 Å². The number of hydroxylamine groups is 2. The third kappa shape index (κ3) is 3.87. The van der Waals surface area contributed by atoms with Gasteiger partial charge in [0.15, 0.2) is 0 Å². The van der Waals surface area contributed by atoms with Gasteiger partial charge in [-0.15, -0.1) is 5.11 Å². The molecule has 0 amide bonds. The fraction of sp³-hybridized carbons (Fsp3) is 0.0769. The van der Waals surface area contributed by atoms with Crippen LogP contribution >= 0.6 is 0 Å². The van der Waals surface area contributed by atoms with Crippen molar-refractivity contribution >= 4 is 15.7 Å². The highest BCUT2D eigenvalue weighted by Gasteiger charge is 2.16. The van der Waals surface area contributed by atoms with Crippen molar-refractivity contribution in [1.82, 2.24) is 5.06 Å². The van der Waals surface area contributed by atoms with Gasteiger partial charge in [-0.3, -0.25) is 15.3 Å². The first-order valence-corrected chi connectivity index (χ1v) is 7.71. The van der Waals surface area contributed by atoms with E-state index in [1.807, 2.05) is 0 Å². The molecule has 0 spiro atoms. The molecule has 1 aliphatic heterocycles. The summed E-state index contributed by atoms with van der Waals surface area (Å²) in [6, 6.07) is 4.29. The molecule has 1 heterocycles. The number of nitrogens with zero attached hydrogens (tertiary/aromatic N) is 4. The molecule has 0 bridgehead atoms. The molecule has 120 valence electrons. The number of benzene rings is 1. The summed E-state index contributed by atoms with van der Waals surface area (Å²) < 4.78 is 27.3. The van der Waals surface area contributed by atoms with E-state index in [-0.39, 0.29) is 22.0 Å². The summed E-state index contributed by atoms with van der Waals surface area (Å²) in [6.07, 6.45) is 6.12. The molecule has 0 radical (unpaired) electrons. The molecule has 10 heteroatoms. The van der Waals surface area contributed by atoms with E-state index in [0.717, 1.165) is 29.3 Å². The van der Waals surface area contributed by atoms with Crippen LogP contribution < -0.4 is 0 Å². The van der Waals surface area contributed by atoms with Crippen molar-refractivity contribution < 1.29 is 18.5 Å². The zero-order valence-corrected chi connectivity index (χ0v) is 12.7. The van der Waals surface area contributed by atoms with Crippen LogP contribution in [0.3, 0.4) is 0 Å². The molecule has 1 aromatic rings. The highest BCUT2D eigenvalue weighted by atomic mass is 32.2. The number of nitro benzene ring substituents is 1. The Labute approximate surface area is 131 Å². The fourth-order valence-corrected chi connectivity index (χ4v) is 2.48. The molecule has 1 N–H and O–H groups in total. The van der Waals surface area contributed by atoms with E-state index in [4.69, 9.17) is 0 Å². The monoisotopic (exact) mass is 336 g/mol. The van der Waals surface area contributed by atoms with E-state index in [2.05, 4.69) is 9.63 Å². The standard InChI is InChI=1S/C13H12N4O5S/c1-10(13-4-2-3-9-16(13)18)14-15-23(21,22)12-7-5-11(6-8-12)17(19)20/h2-9,18H,1H3. The van der Waals surface area contributed by atoms with Crippen molar-refractivity contribution in [2.45, 2.75) is 11.8 Å². The lowest BCUT2D eigenvalue weighted by Crippen LogP contribution is -2.12. The summed E-state index contributed by atoms with van der Waals surface area (Å²) in [6.45, 7) is 1.48. The quantitative estimate of drug-likeness (QED) is 0.512. The first-order valence-electron chi connectivity index (χ1n) is 6.27. The smallest absolute Gasteiger partial charge is 0.284 e. The number of allylic oxidation sites excluding steroid dienone is 4. The van der Waals surface area contributed by atoms with Crippen molar-refractivity contribution in [3.8, 4) is 0 Å². The van der Waals surface area contributed by atoms with Crippen LogP contribution in [0, 0.1) is 10.1 Å². The van der Waals surface area contributed by atoms with Crippen LogP contribution in [-0.4, -0.2) is 23.6 Å². The van der Waals surface area contributed by atoms with Gasteiger partial charge < -0.3 is 0 Å². The Morgan fingerprint density at radius 1 is 1.26 bits per heavy atom. The molecule has 0 unspecified atom stereocenters. The van der Waals surface area contributed by atoms with E-state index in [1.165, 1.54) is 19.2 Å². The van der Waals surface area contributed by atoms with E-state index in [1.54, 1.807) is 12.2 Å². The van der Waals surface area contributed by atoms with Crippen molar-refractivity contribution in [3.05, 3.63) is 70.2 Å². The second-order valence-corrected chi connectivity index (χ2v) is 6.01. The average molecular weight is 336 g/mol. The molecule has 23 heavy (non-hydrogen) atoms. The molecule has 1 aliphatic rings. The summed E-state index contributed by atoms with van der Waals surface area (Å²) in [4.78, 5) is 9.70. The van der Waals surface area contributed by atoms with Gasteiger partial charge in [0, 0.05) is 18.3 Å². The fourth-order valence-electron chi connectivity index (χ4n) is 1.67. The van der Waals surface area contributed by atoms with E-state index in [9.17, 15) is 23.7 Å². The molecule has 0 atom stereocenters. The molecule has 2 rings (SSSR count). The minimum absolute atomic E-state index is 0.179. The number of sulfonamides is 1. The highest BCUT2D eigenvalue weighted by molar-refractivity contribution is 7.90. The Morgan fingerprint density at radius 3 is 2.48 bits per heavy atom. The van der Waals surface area contributed by atoms with Gasteiger partial charge in [0.2, 0.25) is 0 Å². The second-order valence-electron chi connectivity index (χ2n) is 4.42. The molecule has 0 aliphatic carbocycles. The molecule has 0 fully saturated rings. The lowest BCUT2D eigenvalue weighted by molar-refractivity contribution is -0.384. The number of hydrogen-bond donors (Lipinski definition) is 1. The summed E-state index contributed by atoms with van der Waals surface area (Å²) >= 11 is 0. The van der Waals surface area contributed by atoms with Crippen LogP contribution in [0.5, 0.6) is 0 Å². The lowest BCUT2D eigenvalue weighted by Gasteiger charge is -2.16. The molecular weight excluding hydrogens is 324 g/mol. The predicted octanol–water partition coefficient (Wildman–Crippen LogP) is 2.74. The Kier molecular flexibility index (Phi) is 4.67. The first kappa shape index (κ1) is 16.5. The van der Waals surface area contributed by atoms with Crippen molar-refractivity contribution in [3.63, 3.8) is 0 Å². The predicted molar refractivity (Wildman–Crippen MR) is 79.7 cm³/mol. The Bertz CT molecular complexity index is 838. The third-order valence-corrected chi connectivity index (χ3v) is 4.02. The number of non-ortho nitro benzene ring substituents is 1. The largest absolute Gasteiger partial charge is 0.299 e. The maximum Gasteiger partial charge on any atom is 0.299 e. The van der Waals surface area contributed by atoms with E-state index >= 15 is 0 Å². The number of hydrogen-bond acceptors (Lipinski definition) is 7.